The maximum atomic E-state index is 12.5. The van der Waals surface area contributed by atoms with Crippen LogP contribution in [-0.4, -0.2) is 31.9 Å². The molecule has 0 aliphatic carbocycles. The summed E-state index contributed by atoms with van der Waals surface area (Å²) < 4.78 is 30.1. The van der Waals surface area contributed by atoms with Gasteiger partial charge in [-0.05, 0) is 54.3 Å². The zero-order valence-electron chi connectivity index (χ0n) is 16.6. The van der Waals surface area contributed by atoms with Crippen molar-refractivity contribution >= 4 is 16.2 Å². The number of sulfonamides is 1. The van der Waals surface area contributed by atoms with Gasteiger partial charge in [-0.1, -0.05) is 26.0 Å². The molecule has 0 saturated heterocycles. The minimum absolute atomic E-state index is 0.171. The number of rotatable bonds is 8. The Morgan fingerprint density at radius 3 is 2.48 bits per heavy atom. The molecule has 1 unspecified atom stereocenters. The fourth-order valence-corrected chi connectivity index (χ4v) is 3.60. The molecule has 0 aliphatic rings. The fourth-order valence-electron chi connectivity index (χ4n) is 2.81. The molecule has 3 aromatic rings. The minimum atomic E-state index is -3.74. The van der Waals surface area contributed by atoms with Crippen molar-refractivity contribution in [2.24, 2.45) is 5.10 Å². The lowest BCUT2D eigenvalue weighted by Gasteiger charge is -2.09. The number of hydrogen-bond donors (Lipinski definition) is 2. The SMILES string of the molecule is CCC(C)c1ccc(S(=O)(=O)NN=Cc2cn[nH]c2-c2ccc(OC)cc2)cc1. The van der Waals surface area contributed by atoms with Crippen molar-refractivity contribution in [3.63, 3.8) is 0 Å². The molecule has 2 N–H and O–H groups in total. The van der Waals surface area contributed by atoms with Crippen LogP contribution in [0.2, 0.25) is 0 Å². The molecule has 0 bridgehead atoms. The van der Waals surface area contributed by atoms with Gasteiger partial charge in [0.1, 0.15) is 5.75 Å². The van der Waals surface area contributed by atoms with Gasteiger partial charge in [0.2, 0.25) is 0 Å². The molecule has 0 spiro atoms. The first-order valence-corrected chi connectivity index (χ1v) is 10.8. The number of aromatic nitrogens is 2. The molecule has 0 radical (unpaired) electrons. The lowest BCUT2D eigenvalue weighted by Crippen LogP contribution is -2.18. The molecule has 0 saturated carbocycles. The molecule has 2 aromatic carbocycles. The lowest BCUT2D eigenvalue weighted by atomic mass is 9.99. The lowest BCUT2D eigenvalue weighted by molar-refractivity contribution is 0.415. The van der Waals surface area contributed by atoms with Crippen molar-refractivity contribution in [1.29, 1.82) is 0 Å². The molecule has 1 heterocycles. The number of aromatic amines is 1. The van der Waals surface area contributed by atoms with Gasteiger partial charge >= 0.3 is 0 Å². The third-order valence-corrected chi connectivity index (χ3v) is 6.03. The van der Waals surface area contributed by atoms with E-state index in [2.05, 4.69) is 34.0 Å². The molecule has 3 rings (SSSR count). The summed E-state index contributed by atoms with van der Waals surface area (Å²) in [7, 11) is -2.14. The number of H-pyrrole nitrogens is 1. The predicted molar refractivity (Wildman–Crippen MR) is 114 cm³/mol. The second-order valence-electron chi connectivity index (χ2n) is 6.66. The highest BCUT2D eigenvalue weighted by atomic mass is 32.2. The first kappa shape index (κ1) is 20.6. The van der Waals surface area contributed by atoms with Gasteiger partial charge in [-0.15, -0.1) is 0 Å². The molecule has 8 heteroatoms. The highest BCUT2D eigenvalue weighted by molar-refractivity contribution is 7.89. The van der Waals surface area contributed by atoms with E-state index in [-0.39, 0.29) is 4.90 Å². The van der Waals surface area contributed by atoms with E-state index in [0.717, 1.165) is 29.0 Å². The summed E-state index contributed by atoms with van der Waals surface area (Å²) in [6.07, 6.45) is 4.00. The van der Waals surface area contributed by atoms with Gasteiger partial charge < -0.3 is 4.74 Å². The van der Waals surface area contributed by atoms with Crippen LogP contribution in [0.3, 0.4) is 0 Å². The quantitative estimate of drug-likeness (QED) is 0.433. The van der Waals surface area contributed by atoms with Crippen LogP contribution in [0.1, 0.15) is 37.3 Å². The summed E-state index contributed by atoms with van der Waals surface area (Å²) >= 11 is 0. The van der Waals surface area contributed by atoms with Crippen LogP contribution in [0.25, 0.3) is 11.3 Å². The van der Waals surface area contributed by atoms with E-state index in [4.69, 9.17) is 4.74 Å². The zero-order valence-corrected chi connectivity index (χ0v) is 17.4. The first-order chi connectivity index (χ1) is 13.9. The molecule has 1 atom stereocenters. The molecule has 29 heavy (non-hydrogen) atoms. The van der Waals surface area contributed by atoms with Crippen LogP contribution in [0.4, 0.5) is 0 Å². The van der Waals surface area contributed by atoms with Crippen LogP contribution in [0.5, 0.6) is 5.75 Å². The number of ether oxygens (including phenoxy) is 1. The van der Waals surface area contributed by atoms with Crippen molar-refractivity contribution < 1.29 is 13.2 Å². The van der Waals surface area contributed by atoms with Gasteiger partial charge in [0.25, 0.3) is 10.0 Å². The average molecular weight is 413 g/mol. The Morgan fingerprint density at radius 1 is 1.17 bits per heavy atom. The van der Waals surface area contributed by atoms with Crippen molar-refractivity contribution in [2.75, 3.05) is 7.11 Å². The maximum Gasteiger partial charge on any atom is 0.276 e. The van der Waals surface area contributed by atoms with Gasteiger partial charge in [0.15, 0.2) is 0 Å². The molecule has 7 nitrogen and oxygen atoms in total. The zero-order chi connectivity index (χ0) is 20.9. The summed E-state index contributed by atoms with van der Waals surface area (Å²) in [5.41, 5.74) is 3.38. The van der Waals surface area contributed by atoms with E-state index in [1.165, 1.54) is 6.21 Å². The summed E-state index contributed by atoms with van der Waals surface area (Å²) in [4.78, 5) is 2.42. The summed E-state index contributed by atoms with van der Waals surface area (Å²) in [5, 5.41) is 10.8. The van der Waals surface area contributed by atoms with Crippen LogP contribution >= 0.6 is 0 Å². The molecule has 0 fully saturated rings. The minimum Gasteiger partial charge on any atom is -0.497 e. The van der Waals surface area contributed by atoms with E-state index < -0.39 is 10.0 Å². The number of benzene rings is 2. The first-order valence-electron chi connectivity index (χ1n) is 9.27. The number of hydrogen-bond acceptors (Lipinski definition) is 5. The van der Waals surface area contributed by atoms with Crippen molar-refractivity contribution in [1.82, 2.24) is 15.0 Å². The Hall–Kier alpha value is -3.13. The van der Waals surface area contributed by atoms with Gasteiger partial charge in [0.05, 0.1) is 30.1 Å². The van der Waals surface area contributed by atoms with Crippen molar-refractivity contribution in [2.45, 2.75) is 31.1 Å². The highest BCUT2D eigenvalue weighted by Crippen LogP contribution is 2.23. The molecule has 0 amide bonds. The van der Waals surface area contributed by atoms with E-state index in [9.17, 15) is 8.42 Å². The maximum absolute atomic E-state index is 12.5. The molecule has 0 aliphatic heterocycles. The topological polar surface area (TPSA) is 96.4 Å². The van der Waals surface area contributed by atoms with Gasteiger partial charge in [-0.25, -0.2) is 4.83 Å². The van der Waals surface area contributed by atoms with E-state index in [0.29, 0.717) is 11.5 Å². The number of hydrazone groups is 1. The second-order valence-corrected chi connectivity index (χ2v) is 8.32. The highest BCUT2D eigenvalue weighted by Gasteiger charge is 2.14. The molecular formula is C21H24N4O3S. The second kappa shape index (κ2) is 8.91. The summed E-state index contributed by atoms with van der Waals surface area (Å²) in [5.74, 6) is 1.13. The largest absolute Gasteiger partial charge is 0.497 e. The van der Waals surface area contributed by atoms with Crippen molar-refractivity contribution in [3.8, 4) is 17.0 Å². The van der Waals surface area contributed by atoms with Gasteiger partial charge in [0, 0.05) is 11.1 Å². The van der Waals surface area contributed by atoms with Crippen LogP contribution in [0, 0.1) is 0 Å². The van der Waals surface area contributed by atoms with Crippen LogP contribution in [-0.2, 0) is 10.0 Å². The molecular weight excluding hydrogens is 388 g/mol. The monoisotopic (exact) mass is 412 g/mol. The number of methoxy groups -OCH3 is 1. The van der Waals surface area contributed by atoms with Crippen molar-refractivity contribution in [3.05, 3.63) is 65.9 Å². The summed E-state index contributed by atoms with van der Waals surface area (Å²) in [6, 6.07) is 14.3. The smallest absolute Gasteiger partial charge is 0.276 e. The number of nitrogens with one attached hydrogen (secondary N) is 2. The van der Waals surface area contributed by atoms with E-state index in [1.807, 2.05) is 36.4 Å². The predicted octanol–water partition coefficient (Wildman–Crippen LogP) is 3.91. The summed E-state index contributed by atoms with van der Waals surface area (Å²) in [6.45, 7) is 4.21. The van der Waals surface area contributed by atoms with Gasteiger partial charge in [-0.3, -0.25) is 5.10 Å². The fraction of sp³-hybridized carbons (Fsp3) is 0.238. The van der Waals surface area contributed by atoms with Crippen LogP contribution in [0.15, 0.2) is 64.7 Å². The average Bonchev–Trinajstić information content (AvgIpc) is 3.21. The van der Waals surface area contributed by atoms with E-state index in [1.54, 1.807) is 25.4 Å². The standard InChI is InChI=1S/C21H24N4O3S/c1-4-15(2)16-7-11-20(12-8-16)29(26,27)25-23-14-18-13-22-24-21(18)17-5-9-19(28-3)10-6-17/h5-15,25H,4H2,1-3H3,(H,22,24). The molecule has 152 valence electrons. The number of nitrogens with zero attached hydrogens (tertiary/aromatic N) is 2. The third-order valence-electron chi connectivity index (χ3n) is 4.80. The van der Waals surface area contributed by atoms with Crippen LogP contribution < -0.4 is 9.57 Å². The Labute approximate surface area is 170 Å². The molecule has 1 aromatic heterocycles. The third kappa shape index (κ3) is 4.83. The normalized spacial score (nSPS) is 12.8. The Kier molecular flexibility index (Phi) is 6.33. The van der Waals surface area contributed by atoms with E-state index >= 15 is 0 Å². The Balaban J connectivity index is 1.73. The van der Waals surface area contributed by atoms with Gasteiger partial charge in [-0.2, -0.15) is 18.6 Å². The Morgan fingerprint density at radius 2 is 1.86 bits per heavy atom. The Bertz CT molecular complexity index is 1070.